The third-order valence-electron chi connectivity index (χ3n) is 4.58. The highest BCUT2D eigenvalue weighted by Crippen LogP contribution is 2.21. The minimum Gasteiger partial charge on any atom is -0.330 e. The van der Waals surface area contributed by atoms with Crippen LogP contribution in [0.1, 0.15) is 32.3 Å². The van der Waals surface area contributed by atoms with Crippen LogP contribution in [0.2, 0.25) is 0 Å². The number of piperidine rings is 1. The Hall–Kier alpha value is -0.900. The fraction of sp³-hybridized carbons (Fsp3) is 0.667. The monoisotopic (exact) mass is 289 g/mol. The molecule has 0 aromatic heterocycles. The molecule has 1 aliphatic heterocycles. The number of hydrogen-bond acceptors (Lipinski definition) is 3. The van der Waals surface area contributed by atoms with Crippen molar-refractivity contribution >= 4 is 0 Å². The molecular formula is C18H31N3. The van der Waals surface area contributed by atoms with Crippen molar-refractivity contribution in [3.63, 3.8) is 0 Å². The highest BCUT2D eigenvalue weighted by atomic mass is 15.2. The van der Waals surface area contributed by atoms with Crippen molar-refractivity contribution in [2.75, 3.05) is 33.2 Å². The van der Waals surface area contributed by atoms with Gasteiger partial charge in [0.2, 0.25) is 0 Å². The molecule has 0 bridgehead atoms. The van der Waals surface area contributed by atoms with Gasteiger partial charge in [-0.1, -0.05) is 44.2 Å². The zero-order chi connectivity index (χ0) is 15.3. The zero-order valence-electron chi connectivity index (χ0n) is 13.9. The molecule has 21 heavy (non-hydrogen) atoms. The maximum Gasteiger partial charge on any atom is 0.0234 e. The molecule has 0 amide bonds. The van der Waals surface area contributed by atoms with Crippen LogP contribution in [0.5, 0.6) is 0 Å². The van der Waals surface area contributed by atoms with E-state index < -0.39 is 0 Å². The largest absolute Gasteiger partial charge is 0.330 e. The smallest absolute Gasteiger partial charge is 0.0234 e. The molecule has 3 heteroatoms. The Morgan fingerprint density at radius 2 is 2.00 bits per heavy atom. The molecule has 118 valence electrons. The Kier molecular flexibility index (Phi) is 5.80. The predicted octanol–water partition coefficient (Wildman–Crippen LogP) is 2.57. The quantitative estimate of drug-likeness (QED) is 0.873. The van der Waals surface area contributed by atoms with Crippen LogP contribution in [0.3, 0.4) is 0 Å². The van der Waals surface area contributed by atoms with E-state index in [0.717, 1.165) is 19.6 Å². The van der Waals surface area contributed by atoms with Gasteiger partial charge in [0, 0.05) is 25.7 Å². The van der Waals surface area contributed by atoms with E-state index in [0.29, 0.717) is 6.04 Å². The second kappa shape index (κ2) is 7.39. The first-order valence-electron chi connectivity index (χ1n) is 8.17. The van der Waals surface area contributed by atoms with Crippen LogP contribution in [-0.4, -0.2) is 49.1 Å². The molecule has 0 saturated carbocycles. The molecule has 1 saturated heterocycles. The molecule has 3 nitrogen and oxygen atoms in total. The number of rotatable bonds is 6. The molecule has 0 radical (unpaired) electrons. The van der Waals surface area contributed by atoms with Gasteiger partial charge in [-0.25, -0.2) is 0 Å². The average molecular weight is 289 g/mol. The Morgan fingerprint density at radius 3 is 2.67 bits per heavy atom. The van der Waals surface area contributed by atoms with E-state index >= 15 is 0 Å². The van der Waals surface area contributed by atoms with E-state index in [1.165, 1.54) is 31.5 Å². The summed E-state index contributed by atoms with van der Waals surface area (Å²) in [5.74, 6) is 0. The Balaban J connectivity index is 1.88. The van der Waals surface area contributed by atoms with Gasteiger partial charge in [-0.05, 0) is 44.0 Å². The number of likely N-dealkylation sites (tertiary alicyclic amines) is 1. The van der Waals surface area contributed by atoms with E-state index in [9.17, 15) is 0 Å². The van der Waals surface area contributed by atoms with Gasteiger partial charge < -0.3 is 10.6 Å². The Bertz CT molecular complexity index is 416. The highest BCUT2D eigenvalue weighted by Gasteiger charge is 2.27. The number of nitrogens with two attached hydrogens (primary N) is 1. The number of hydrogen-bond donors (Lipinski definition) is 1. The van der Waals surface area contributed by atoms with Crippen molar-refractivity contribution in [2.24, 2.45) is 11.1 Å². The van der Waals surface area contributed by atoms with Crippen LogP contribution in [-0.2, 0) is 6.54 Å². The summed E-state index contributed by atoms with van der Waals surface area (Å²) in [4.78, 5) is 5.11. The topological polar surface area (TPSA) is 32.5 Å². The van der Waals surface area contributed by atoms with Gasteiger partial charge in [-0.2, -0.15) is 0 Å². The number of nitrogens with zero attached hydrogens (tertiary/aromatic N) is 2. The second-order valence-electron chi connectivity index (χ2n) is 7.30. The van der Waals surface area contributed by atoms with Gasteiger partial charge in [0.15, 0.2) is 0 Å². The van der Waals surface area contributed by atoms with Gasteiger partial charge in [-0.3, -0.25) is 4.90 Å². The van der Waals surface area contributed by atoms with Gasteiger partial charge in [0.05, 0.1) is 0 Å². The lowest BCUT2D eigenvalue weighted by Crippen LogP contribution is -2.49. The van der Waals surface area contributed by atoms with Gasteiger partial charge in [0.1, 0.15) is 0 Å². The van der Waals surface area contributed by atoms with Crippen molar-refractivity contribution in [3.05, 3.63) is 35.9 Å². The molecule has 1 unspecified atom stereocenters. The summed E-state index contributed by atoms with van der Waals surface area (Å²) in [6.45, 7) is 9.81. The van der Waals surface area contributed by atoms with Gasteiger partial charge >= 0.3 is 0 Å². The van der Waals surface area contributed by atoms with Crippen molar-refractivity contribution in [1.29, 1.82) is 0 Å². The summed E-state index contributed by atoms with van der Waals surface area (Å²) < 4.78 is 0. The van der Waals surface area contributed by atoms with Crippen molar-refractivity contribution < 1.29 is 0 Å². The zero-order valence-corrected chi connectivity index (χ0v) is 13.9. The lowest BCUT2D eigenvalue weighted by molar-refractivity contribution is 0.0859. The molecule has 0 aliphatic carbocycles. The molecule has 1 heterocycles. The van der Waals surface area contributed by atoms with Gasteiger partial charge in [0.25, 0.3) is 0 Å². The molecule has 0 spiro atoms. The van der Waals surface area contributed by atoms with E-state index in [1.54, 1.807) is 0 Å². The minimum absolute atomic E-state index is 0.205. The first kappa shape index (κ1) is 16.5. The van der Waals surface area contributed by atoms with E-state index in [1.807, 2.05) is 0 Å². The fourth-order valence-electron chi connectivity index (χ4n) is 3.24. The first-order valence-corrected chi connectivity index (χ1v) is 8.17. The maximum absolute atomic E-state index is 5.88. The Morgan fingerprint density at radius 1 is 1.29 bits per heavy atom. The average Bonchev–Trinajstić information content (AvgIpc) is 2.48. The molecule has 2 N–H and O–H groups in total. The van der Waals surface area contributed by atoms with Crippen molar-refractivity contribution in [1.82, 2.24) is 9.80 Å². The molecular weight excluding hydrogens is 258 g/mol. The summed E-state index contributed by atoms with van der Waals surface area (Å²) in [5.41, 5.74) is 7.50. The summed E-state index contributed by atoms with van der Waals surface area (Å²) >= 11 is 0. The lowest BCUT2D eigenvalue weighted by Gasteiger charge is -2.40. The van der Waals surface area contributed by atoms with Crippen molar-refractivity contribution in [3.8, 4) is 0 Å². The van der Waals surface area contributed by atoms with E-state index in [-0.39, 0.29) is 5.41 Å². The van der Waals surface area contributed by atoms with Crippen LogP contribution in [0.15, 0.2) is 30.3 Å². The molecule has 1 atom stereocenters. The standard InChI is InChI=1S/C18H31N3/c1-18(2,14-19)15-20(3)17-10-7-11-21(13-17)12-16-8-5-4-6-9-16/h4-6,8-9,17H,7,10-15,19H2,1-3H3. The predicted molar refractivity (Wildman–Crippen MR) is 90.2 cm³/mol. The van der Waals surface area contributed by atoms with Crippen LogP contribution >= 0.6 is 0 Å². The fourth-order valence-corrected chi connectivity index (χ4v) is 3.24. The van der Waals surface area contributed by atoms with E-state index in [2.05, 4.69) is 61.0 Å². The third kappa shape index (κ3) is 5.10. The molecule has 1 aromatic carbocycles. The van der Waals surface area contributed by atoms with Crippen LogP contribution < -0.4 is 5.73 Å². The molecule has 1 aromatic rings. The van der Waals surface area contributed by atoms with Crippen LogP contribution in [0.25, 0.3) is 0 Å². The molecule has 1 fully saturated rings. The van der Waals surface area contributed by atoms with Crippen LogP contribution in [0, 0.1) is 5.41 Å². The van der Waals surface area contributed by atoms with E-state index in [4.69, 9.17) is 5.73 Å². The summed E-state index contributed by atoms with van der Waals surface area (Å²) in [5, 5.41) is 0. The Labute approximate surface area is 130 Å². The SMILES string of the molecule is CN(CC(C)(C)CN)C1CCCN(Cc2ccccc2)C1. The van der Waals surface area contributed by atoms with Crippen LogP contribution in [0.4, 0.5) is 0 Å². The first-order chi connectivity index (χ1) is 10.00. The normalized spacial score (nSPS) is 20.9. The maximum atomic E-state index is 5.88. The highest BCUT2D eigenvalue weighted by molar-refractivity contribution is 5.14. The number of likely N-dealkylation sites (N-methyl/N-ethyl adjacent to an activating group) is 1. The second-order valence-corrected chi connectivity index (χ2v) is 7.30. The van der Waals surface area contributed by atoms with Crippen molar-refractivity contribution in [2.45, 2.75) is 39.3 Å². The summed E-state index contributed by atoms with van der Waals surface area (Å²) in [7, 11) is 2.26. The number of benzene rings is 1. The molecule has 2 rings (SSSR count). The minimum atomic E-state index is 0.205. The summed E-state index contributed by atoms with van der Waals surface area (Å²) in [6.07, 6.45) is 2.60. The summed E-state index contributed by atoms with van der Waals surface area (Å²) in [6, 6.07) is 11.5. The molecule has 1 aliphatic rings. The van der Waals surface area contributed by atoms with Gasteiger partial charge in [-0.15, -0.1) is 0 Å². The lowest BCUT2D eigenvalue weighted by atomic mass is 9.91. The third-order valence-corrected chi connectivity index (χ3v) is 4.58.